The molecule has 0 aliphatic heterocycles. The zero-order chi connectivity index (χ0) is 14.1. The summed E-state index contributed by atoms with van der Waals surface area (Å²) in [5.74, 6) is 2.95. The van der Waals surface area contributed by atoms with Crippen LogP contribution in [0.2, 0.25) is 0 Å². The van der Waals surface area contributed by atoms with E-state index in [-0.39, 0.29) is 0 Å². The van der Waals surface area contributed by atoms with Crippen molar-refractivity contribution in [2.75, 3.05) is 19.5 Å². The summed E-state index contributed by atoms with van der Waals surface area (Å²) >= 11 is 0. The van der Waals surface area contributed by atoms with Crippen LogP contribution in [0.1, 0.15) is 30.1 Å². The van der Waals surface area contributed by atoms with Gasteiger partial charge in [-0.2, -0.15) is 0 Å². The van der Waals surface area contributed by atoms with Gasteiger partial charge in [0.1, 0.15) is 11.6 Å². The summed E-state index contributed by atoms with van der Waals surface area (Å²) in [7, 11) is 3.51. The van der Waals surface area contributed by atoms with E-state index in [1.54, 1.807) is 13.3 Å². The van der Waals surface area contributed by atoms with Crippen molar-refractivity contribution in [3.05, 3.63) is 29.7 Å². The predicted molar refractivity (Wildman–Crippen MR) is 78.1 cm³/mol. The fourth-order valence-electron chi connectivity index (χ4n) is 2.25. The molecule has 0 atom stereocenters. The number of aromatic nitrogens is 3. The van der Waals surface area contributed by atoms with Crippen molar-refractivity contribution in [3.8, 4) is 17.1 Å². The molecule has 1 fully saturated rings. The molecule has 0 unspecified atom stereocenters. The highest BCUT2D eigenvalue weighted by molar-refractivity contribution is 5.68. The van der Waals surface area contributed by atoms with Crippen molar-refractivity contribution in [1.82, 2.24) is 15.0 Å². The van der Waals surface area contributed by atoms with Gasteiger partial charge in [-0.05, 0) is 25.8 Å². The van der Waals surface area contributed by atoms with Crippen LogP contribution >= 0.6 is 0 Å². The van der Waals surface area contributed by atoms with Crippen molar-refractivity contribution < 1.29 is 4.74 Å². The molecule has 1 aliphatic carbocycles. The van der Waals surface area contributed by atoms with Crippen LogP contribution in [0.15, 0.2) is 18.3 Å². The average molecular weight is 270 g/mol. The second kappa shape index (κ2) is 5.07. The average Bonchev–Trinajstić information content (AvgIpc) is 3.32. The molecule has 2 aromatic rings. The number of pyridine rings is 1. The highest BCUT2D eigenvalue weighted by atomic mass is 16.5. The molecule has 2 heterocycles. The summed E-state index contributed by atoms with van der Waals surface area (Å²) in [5.41, 5.74) is 3.01. The van der Waals surface area contributed by atoms with Crippen molar-refractivity contribution in [3.63, 3.8) is 0 Å². The van der Waals surface area contributed by atoms with Gasteiger partial charge in [0.25, 0.3) is 0 Å². The highest BCUT2D eigenvalue weighted by Crippen LogP contribution is 2.40. The highest BCUT2D eigenvalue weighted by Gasteiger charge is 2.28. The Labute approximate surface area is 118 Å². The molecule has 3 rings (SSSR count). The van der Waals surface area contributed by atoms with Gasteiger partial charge in [0.05, 0.1) is 12.8 Å². The minimum atomic E-state index is 0.519. The van der Waals surface area contributed by atoms with E-state index < -0.39 is 0 Å². The smallest absolute Gasteiger partial charge is 0.213 e. The molecule has 0 bridgehead atoms. The van der Waals surface area contributed by atoms with E-state index in [0.29, 0.717) is 11.8 Å². The van der Waals surface area contributed by atoms with Crippen molar-refractivity contribution >= 4 is 5.82 Å². The number of methoxy groups -OCH3 is 1. The Balaban J connectivity index is 2.12. The van der Waals surface area contributed by atoms with Gasteiger partial charge in [-0.15, -0.1) is 0 Å². The predicted octanol–water partition coefficient (Wildman–Crippen LogP) is 2.77. The third-order valence-electron chi connectivity index (χ3n) is 3.56. The Hall–Kier alpha value is -2.17. The number of hydrogen-bond donors (Lipinski definition) is 1. The summed E-state index contributed by atoms with van der Waals surface area (Å²) < 4.78 is 5.19. The quantitative estimate of drug-likeness (QED) is 0.925. The van der Waals surface area contributed by atoms with Gasteiger partial charge in [-0.3, -0.25) is 0 Å². The lowest BCUT2D eigenvalue weighted by atomic mass is 10.1. The van der Waals surface area contributed by atoms with Crippen molar-refractivity contribution in [2.45, 2.75) is 25.7 Å². The normalized spacial score (nSPS) is 14.2. The zero-order valence-corrected chi connectivity index (χ0v) is 12.0. The lowest BCUT2D eigenvalue weighted by Crippen LogP contribution is -2.04. The van der Waals surface area contributed by atoms with E-state index in [0.717, 1.165) is 28.5 Å². The summed E-state index contributed by atoms with van der Waals surface area (Å²) in [6.07, 6.45) is 4.11. The Kier molecular flexibility index (Phi) is 3.26. The van der Waals surface area contributed by atoms with Gasteiger partial charge in [0.15, 0.2) is 0 Å². The number of nitrogens with one attached hydrogen (secondary N) is 1. The summed E-state index contributed by atoms with van der Waals surface area (Å²) in [4.78, 5) is 13.5. The Morgan fingerprint density at radius 1 is 1.30 bits per heavy atom. The minimum Gasteiger partial charge on any atom is -0.481 e. The molecule has 1 aliphatic rings. The third-order valence-corrected chi connectivity index (χ3v) is 3.56. The topological polar surface area (TPSA) is 59.9 Å². The molecule has 5 nitrogen and oxygen atoms in total. The van der Waals surface area contributed by atoms with Crippen molar-refractivity contribution in [2.24, 2.45) is 0 Å². The largest absolute Gasteiger partial charge is 0.481 e. The zero-order valence-electron chi connectivity index (χ0n) is 12.0. The van der Waals surface area contributed by atoms with E-state index in [4.69, 9.17) is 9.72 Å². The Morgan fingerprint density at radius 2 is 2.10 bits per heavy atom. The first kappa shape index (κ1) is 12.8. The first-order valence-electron chi connectivity index (χ1n) is 6.79. The van der Waals surface area contributed by atoms with Crippen LogP contribution in [0.4, 0.5) is 5.82 Å². The van der Waals surface area contributed by atoms with Gasteiger partial charge in [0, 0.05) is 36.4 Å². The second-order valence-corrected chi connectivity index (χ2v) is 5.02. The van der Waals surface area contributed by atoms with Crippen LogP contribution in [0.3, 0.4) is 0 Å². The molecular weight excluding hydrogens is 252 g/mol. The first-order valence-corrected chi connectivity index (χ1v) is 6.79. The number of hydrogen-bond acceptors (Lipinski definition) is 5. The van der Waals surface area contributed by atoms with Crippen LogP contribution < -0.4 is 10.1 Å². The fourth-order valence-corrected chi connectivity index (χ4v) is 2.25. The molecule has 0 radical (unpaired) electrons. The SMILES string of the molecule is CNc1nc(C2CC2)nc(-c2ccnc(OC)c2)c1C. The molecule has 0 spiro atoms. The Bertz CT molecular complexity index is 638. The van der Waals surface area contributed by atoms with E-state index >= 15 is 0 Å². The standard InChI is InChI=1S/C15H18N4O/c1-9-13(11-6-7-17-12(8-11)20-3)18-15(10-4-5-10)19-14(9)16-2/h6-8,10H,4-5H2,1-3H3,(H,16,18,19). The lowest BCUT2D eigenvalue weighted by molar-refractivity contribution is 0.398. The fraction of sp³-hybridized carbons (Fsp3) is 0.400. The van der Waals surface area contributed by atoms with Gasteiger partial charge in [0.2, 0.25) is 5.88 Å². The maximum atomic E-state index is 5.19. The molecule has 1 saturated carbocycles. The van der Waals surface area contributed by atoms with Crippen LogP contribution in [-0.2, 0) is 0 Å². The summed E-state index contributed by atoms with van der Waals surface area (Å²) in [6.45, 7) is 2.03. The van der Waals surface area contributed by atoms with E-state index in [2.05, 4.69) is 15.3 Å². The van der Waals surface area contributed by atoms with Crippen molar-refractivity contribution in [1.29, 1.82) is 0 Å². The monoisotopic (exact) mass is 270 g/mol. The molecule has 20 heavy (non-hydrogen) atoms. The van der Waals surface area contributed by atoms with E-state index in [1.165, 1.54) is 12.8 Å². The molecule has 104 valence electrons. The van der Waals surface area contributed by atoms with E-state index in [1.807, 2.05) is 26.1 Å². The van der Waals surface area contributed by atoms with Gasteiger partial charge >= 0.3 is 0 Å². The van der Waals surface area contributed by atoms with Gasteiger partial charge in [-0.1, -0.05) is 0 Å². The van der Waals surface area contributed by atoms with Gasteiger partial charge < -0.3 is 10.1 Å². The van der Waals surface area contributed by atoms with E-state index in [9.17, 15) is 0 Å². The first-order chi connectivity index (χ1) is 9.72. The van der Waals surface area contributed by atoms with Crippen LogP contribution in [0.25, 0.3) is 11.3 Å². The molecule has 0 saturated heterocycles. The second-order valence-electron chi connectivity index (χ2n) is 5.02. The van der Waals surface area contributed by atoms with Crippen LogP contribution in [-0.4, -0.2) is 29.1 Å². The molecular formula is C15H18N4O. The molecule has 5 heteroatoms. The van der Waals surface area contributed by atoms with Crippen LogP contribution in [0.5, 0.6) is 5.88 Å². The number of nitrogens with zero attached hydrogens (tertiary/aromatic N) is 3. The number of rotatable bonds is 4. The van der Waals surface area contributed by atoms with Crippen LogP contribution in [0, 0.1) is 6.92 Å². The third kappa shape index (κ3) is 2.31. The summed E-state index contributed by atoms with van der Waals surface area (Å²) in [5, 5.41) is 3.16. The molecule has 1 N–H and O–H groups in total. The summed E-state index contributed by atoms with van der Waals surface area (Å²) in [6, 6.07) is 3.86. The van der Waals surface area contributed by atoms with Gasteiger partial charge in [-0.25, -0.2) is 15.0 Å². The maximum Gasteiger partial charge on any atom is 0.213 e. The number of anilines is 1. The number of ether oxygens (including phenoxy) is 1. The molecule has 0 amide bonds. The molecule has 2 aromatic heterocycles. The Morgan fingerprint density at radius 3 is 2.75 bits per heavy atom. The lowest BCUT2D eigenvalue weighted by Gasteiger charge is -2.12. The minimum absolute atomic E-state index is 0.519. The maximum absolute atomic E-state index is 5.19. The molecule has 0 aromatic carbocycles.